The lowest BCUT2D eigenvalue weighted by molar-refractivity contribution is -0.122. The van der Waals surface area contributed by atoms with Crippen LogP contribution in [-0.4, -0.2) is 73.6 Å². The molecule has 1 amide bonds. The second kappa shape index (κ2) is 10.4. The highest BCUT2D eigenvalue weighted by atomic mass is 35.5. The minimum atomic E-state index is -0.298. The van der Waals surface area contributed by atoms with E-state index < -0.39 is 0 Å². The van der Waals surface area contributed by atoms with Crippen LogP contribution in [0.15, 0.2) is 41.3 Å². The summed E-state index contributed by atoms with van der Waals surface area (Å²) in [6.07, 6.45) is 1.65. The Morgan fingerprint density at radius 2 is 1.93 bits per heavy atom. The van der Waals surface area contributed by atoms with E-state index >= 15 is 0 Å². The molecule has 0 aliphatic carbocycles. The van der Waals surface area contributed by atoms with Crippen molar-refractivity contribution < 1.29 is 9.53 Å². The average molecular weight is 420 g/mol. The summed E-state index contributed by atoms with van der Waals surface area (Å²) in [6, 6.07) is 9.67. The Labute approximate surface area is 175 Å². The third-order valence-corrected chi connectivity index (χ3v) is 5.21. The molecule has 29 heavy (non-hydrogen) atoms. The van der Waals surface area contributed by atoms with E-state index in [1.807, 2.05) is 35.2 Å². The second-order valence-corrected chi connectivity index (χ2v) is 7.28. The van der Waals surface area contributed by atoms with E-state index in [9.17, 15) is 9.59 Å². The van der Waals surface area contributed by atoms with Crippen molar-refractivity contribution >= 4 is 23.2 Å². The normalized spacial score (nSPS) is 14.8. The largest absolute Gasteiger partial charge is 0.383 e. The molecule has 0 radical (unpaired) electrons. The Kier molecular flexibility index (Phi) is 7.62. The number of ether oxygens (including phenoxy) is 1. The van der Waals surface area contributed by atoms with Crippen LogP contribution in [-0.2, 0) is 16.1 Å². The second-order valence-electron chi connectivity index (χ2n) is 6.90. The number of hydrogen-bond acceptors (Lipinski definition) is 6. The minimum Gasteiger partial charge on any atom is -0.383 e. The van der Waals surface area contributed by atoms with E-state index in [1.165, 1.54) is 4.68 Å². The Morgan fingerprint density at radius 3 is 2.62 bits per heavy atom. The number of carbonyl (C=O) groups excluding carboxylic acids is 1. The van der Waals surface area contributed by atoms with Crippen LogP contribution in [0.1, 0.15) is 5.56 Å². The molecule has 1 fully saturated rings. The molecule has 9 heteroatoms. The van der Waals surface area contributed by atoms with Gasteiger partial charge in [0.1, 0.15) is 5.02 Å². The van der Waals surface area contributed by atoms with Gasteiger partial charge in [0.05, 0.1) is 31.6 Å². The van der Waals surface area contributed by atoms with Crippen LogP contribution >= 0.6 is 11.6 Å². The molecule has 1 aromatic heterocycles. The smallest absolute Gasteiger partial charge is 0.287 e. The van der Waals surface area contributed by atoms with Crippen LogP contribution in [0.5, 0.6) is 0 Å². The van der Waals surface area contributed by atoms with Crippen molar-refractivity contribution in [1.29, 1.82) is 0 Å². The number of nitrogens with zero attached hydrogens (tertiary/aromatic N) is 4. The maximum Gasteiger partial charge on any atom is 0.287 e. The number of aromatic nitrogens is 2. The van der Waals surface area contributed by atoms with Crippen molar-refractivity contribution in [3.8, 4) is 0 Å². The third kappa shape index (κ3) is 5.79. The summed E-state index contributed by atoms with van der Waals surface area (Å²) >= 11 is 6.39. The zero-order valence-electron chi connectivity index (χ0n) is 16.5. The summed E-state index contributed by atoms with van der Waals surface area (Å²) in [6.45, 7) is 4.51. The molecule has 1 aliphatic heterocycles. The van der Waals surface area contributed by atoms with Gasteiger partial charge in [0.15, 0.2) is 0 Å². The Hall–Kier alpha value is -2.42. The number of amides is 1. The van der Waals surface area contributed by atoms with Gasteiger partial charge in [0.25, 0.3) is 5.56 Å². The molecule has 0 saturated carbocycles. The summed E-state index contributed by atoms with van der Waals surface area (Å²) in [5, 5.41) is 7.31. The van der Waals surface area contributed by atoms with E-state index in [0.717, 1.165) is 5.56 Å². The summed E-state index contributed by atoms with van der Waals surface area (Å²) in [5.74, 6) is -0.0151. The predicted octanol–water partition coefficient (Wildman–Crippen LogP) is 0.830. The molecule has 2 heterocycles. The predicted molar refractivity (Wildman–Crippen MR) is 113 cm³/mol. The van der Waals surface area contributed by atoms with Crippen LogP contribution in [0, 0.1) is 0 Å². The van der Waals surface area contributed by atoms with Gasteiger partial charge < -0.3 is 15.0 Å². The zero-order chi connectivity index (χ0) is 20.6. The first-order valence-corrected chi connectivity index (χ1v) is 9.98. The Morgan fingerprint density at radius 1 is 1.21 bits per heavy atom. The van der Waals surface area contributed by atoms with Gasteiger partial charge in [-0.05, 0) is 5.56 Å². The van der Waals surface area contributed by atoms with Crippen LogP contribution in [0.3, 0.4) is 0 Å². The number of benzene rings is 1. The van der Waals surface area contributed by atoms with Crippen molar-refractivity contribution in [2.45, 2.75) is 6.54 Å². The molecule has 0 spiro atoms. The lowest BCUT2D eigenvalue weighted by atomic mass is 10.2. The lowest BCUT2D eigenvalue weighted by Gasteiger charge is -2.35. The molecule has 3 rings (SSSR count). The van der Waals surface area contributed by atoms with Crippen molar-refractivity contribution in [3.05, 3.63) is 57.5 Å². The van der Waals surface area contributed by atoms with Gasteiger partial charge in [-0.15, -0.1) is 0 Å². The number of nitrogens with one attached hydrogen (secondary N) is 1. The van der Waals surface area contributed by atoms with Gasteiger partial charge in [0, 0.05) is 39.8 Å². The molecular weight excluding hydrogens is 394 g/mol. The number of rotatable bonds is 8. The maximum atomic E-state index is 12.6. The summed E-state index contributed by atoms with van der Waals surface area (Å²) in [4.78, 5) is 28.7. The molecule has 2 aromatic rings. The fourth-order valence-electron chi connectivity index (χ4n) is 3.24. The van der Waals surface area contributed by atoms with Gasteiger partial charge in [-0.1, -0.05) is 41.9 Å². The summed E-state index contributed by atoms with van der Waals surface area (Å²) in [7, 11) is 1.60. The first-order valence-electron chi connectivity index (χ1n) is 9.61. The van der Waals surface area contributed by atoms with E-state index in [1.54, 1.807) is 13.3 Å². The van der Waals surface area contributed by atoms with Gasteiger partial charge in [0.2, 0.25) is 5.91 Å². The van der Waals surface area contributed by atoms with Crippen molar-refractivity contribution in [2.24, 2.45) is 0 Å². The fourth-order valence-corrected chi connectivity index (χ4v) is 3.51. The molecule has 8 nitrogen and oxygen atoms in total. The van der Waals surface area contributed by atoms with E-state index in [2.05, 4.69) is 15.3 Å². The third-order valence-electron chi connectivity index (χ3n) is 4.85. The number of methoxy groups -OCH3 is 1. The fraction of sp³-hybridized carbons (Fsp3) is 0.450. The Bertz CT molecular complexity index is 866. The highest BCUT2D eigenvalue weighted by molar-refractivity contribution is 6.33. The van der Waals surface area contributed by atoms with Crippen LogP contribution in [0.2, 0.25) is 5.02 Å². The van der Waals surface area contributed by atoms with Crippen LogP contribution < -0.4 is 15.8 Å². The van der Waals surface area contributed by atoms with E-state index in [4.69, 9.17) is 16.3 Å². The highest BCUT2D eigenvalue weighted by Crippen LogP contribution is 2.22. The highest BCUT2D eigenvalue weighted by Gasteiger charge is 2.22. The maximum absolute atomic E-state index is 12.6. The summed E-state index contributed by atoms with van der Waals surface area (Å²) in [5.41, 5.74) is 1.33. The first-order chi connectivity index (χ1) is 14.1. The van der Waals surface area contributed by atoms with Crippen molar-refractivity contribution in [2.75, 3.05) is 57.9 Å². The molecule has 0 atom stereocenters. The molecule has 1 N–H and O–H groups in total. The first kappa shape index (κ1) is 21.3. The molecule has 1 aliphatic rings. The number of carbonyl (C=O) groups is 1. The number of anilines is 1. The molecule has 0 unspecified atom stereocenters. The molecule has 156 valence electrons. The molecule has 1 aromatic carbocycles. The average Bonchev–Trinajstić information content (AvgIpc) is 2.73. The molecule has 1 saturated heterocycles. The number of hydrogen-bond donors (Lipinski definition) is 1. The quantitative estimate of drug-likeness (QED) is 0.638. The van der Waals surface area contributed by atoms with E-state index in [-0.39, 0.29) is 16.5 Å². The summed E-state index contributed by atoms with van der Waals surface area (Å²) < 4.78 is 6.30. The van der Waals surface area contributed by atoms with Gasteiger partial charge in [-0.2, -0.15) is 5.10 Å². The Balaban J connectivity index is 1.57. The standard InChI is InChI=1S/C20H26ClN5O3/c1-29-12-7-22-18(27)15-24-8-10-25(11-9-24)17-13-23-26(20(28)19(17)21)14-16-5-3-2-4-6-16/h2-6,13H,7-12,14-15H2,1H3,(H,22,27). The minimum absolute atomic E-state index is 0.0151. The van der Waals surface area contributed by atoms with Gasteiger partial charge >= 0.3 is 0 Å². The topological polar surface area (TPSA) is 79.7 Å². The van der Waals surface area contributed by atoms with Gasteiger partial charge in [-0.25, -0.2) is 4.68 Å². The van der Waals surface area contributed by atoms with E-state index in [0.29, 0.717) is 58.1 Å². The monoisotopic (exact) mass is 419 g/mol. The van der Waals surface area contributed by atoms with Crippen molar-refractivity contribution in [1.82, 2.24) is 20.0 Å². The van der Waals surface area contributed by atoms with Crippen molar-refractivity contribution in [3.63, 3.8) is 0 Å². The zero-order valence-corrected chi connectivity index (χ0v) is 17.3. The SMILES string of the molecule is COCCNC(=O)CN1CCN(c2cnn(Cc3ccccc3)c(=O)c2Cl)CC1. The van der Waals surface area contributed by atoms with Gasteiger partial charge in [-0.3, -0.25) is 14.5 Å². The number of piperazine rings is 1. The molecular formula is C20H26ClN5O3. The molecule has 0 bridgehead atoms. The van der Waals surface area contributed by atoms with Crippen LogP contribution in [0.4, 0.5) is 5.69 Å². The lowest BCUT2D eigenvalue weighted by Crippen LogP contribution is -2.50. The number of halogens is 1. The van der Waals surface area contributed by atoms with Crippen LogP contribution in [0.25, 0.3) is 0 Å².